The minimum Gasteiger partial charge on any atom is -0.493 e. The van der Waals surface area contributed by atoms with Gasteiger partial charge in [-0.15, -0.1) is 0 Å². The lowest BCUT2D eigenvalue weighted by Crippen LogP contribution is -2.31. The fraction of sp³-hybridized carbons (Fsp3) is 0.500. The molecule has 0 aliphatic rings. The molecule has 1 aromatic carbocycles. The molecule has 0 atom stereocenters. The van der Waals surface area contributed by atoms with Crippen molar-refractivity contribution < 1.29 is 19.0 Å². The van der Waals surface area contributed by atoms with E-state index in [0.717, 1.165) is 12.0 Å². The SMILES string of the molecule is COCCNC(=O)COc1cc(CCN)ccc1OC. The molecule has 0 bridgehead atoms. The van der Waals surface area contributed by atoms with Gasteiger partial charge in [0.2, 0.25) is 0 Å². The van der Waals surface area contributed by atoms with E-state index in [9.17, 15) is 4.79 Å². The molecule has 0 aliphatic carbocycles. The van der Waals surface area contributed by atoms with Crippen molar-refractivity contribution >= 4 is 5.91 Å². The van der Waals surface area contributed by atoms with E-state index in [1.807, 2.05) is 18.2 Å². The van der Waals surface area contributed by atoms with E-state index < -0.39 is 0 Å². The number of rotatable bonds is 9. The zero-order valence-electron chi connectivity index (χ0n) is 12.0. The summed E-state index contributed by atoms with van der Waals surface area (Å²) < 4.78 is 15.5. The number of methoxy groups -OCH3 is 2. The summed E-state index contributed by atoms with van der Waals surface area (Å²) in [5.41, 5.74) is 6.57. The third-order valence-corrected chi connectivity index (χ3v) is 2.65. The second kappa shape index (κ2) is 9.17. The number of hydrogen-bond donors (Lipinski definition) is 2. The van der Waals surface area contributed by atoms with Crippen molar-refractivity contribution in [1.29, 1.82) is 0 Å². The van der Waals surface area contributed by atoms with Crippen LogP contribution >= 0.6 is 0 Å². The number of carbonyl (C=O) groups is 1. The summed E-state index contributed by atoms with van der Waals surface area (Å²) in [7, 11) is 3.14. The molecule has 3 N–H and O–H groups in total. The third kappa shape index (κ3) is 5.46. The van der Waals surface area contributed by atoms with Crippen LogP contribution in [0.4, 0.5) is 0 Å². The van der Waals surface area contributed by atoms with Crippen LogP contribution in [-0.2, 0) is 16.0 Å². The van der Waals surface area contributed by atoms with Crippen LogP contribution in [0, 0.1) is 0 Å². The van der Waals surface area contributed by atoms with Gasteiger partial charge in [-0.05, 0) is 30.7 Å². The Bertz CT molecular complexity index is 424. The van der Waals surface area contributed by atoms with Crippen LogP contribution in [-0.4, -0.2) is 46.4 Å². The minimum atomic E-state index is -0.201. The van der Waals surface area contributed by atoms with Crippen LogP contribution in [0.2, 0.25) is 0 Å². The number of benzene rings is 1. The maximum Gasteiger partial charge on any atom is 0.258 e. The van der Waals surface area contributed by atoms with Gasteiger partial charge < -0.3 is 25.3 Å². The average Bonchev–Trinajstić information content (AvgIpc) is 2.46. The van der Waals surface area contributed by atoms with Crippen molar-refractivity contribution in [3.05, 3.63) is 23.8 Å². The summed E-state index contributed by atoms with van der Waals surface area (Å²) in [5.74, 6) is 0.934. The highest BCUT2D eigenvalue weighted by Crippen LogP contribution is 2.28. The quantitative estimate of drug-likeness (QED) is 0.638. The molecule has 0 aromatic heterocycles. The number of nitrogens with one attached hydrogen (secondary N) is 1. The molecule has 20 heavy (non-hydrogen) atoms. The van der Waals surface area contributed by atoms with Crippen LogP contribution in [0.15, 0.2) is 18.2 Å². The van der Waals surface area contributed by atoms with Gasteiger partial charge in [0, 0.05) is 13.7 Å². The first-order valence-corrected chi connectivity index (χ1v) is 6.46. The Kier molecular flexibility index (Phi) is 7.46. The predicted octanol–water partition coefficient (Wildman–Crippen LogP) is 0.338. The van der Waals surface area contributed by atoms with Gasteiger partial charge in [0.15, 0.2) is 18.1 Å². The molecule has 0 saturated carbocycles. The first-order valence-electron chi connectivity index (χ1n) is 6.46. The molecule has 1 rings (SSSR count). The molecule has 0 radical (unpaired) electrons. The summed E-state index contributed by atoms with van der Waals surface area (Å²) in [6.45, 7) is 1.43. The van der Waals surface area contributed by atoms with Gasteiger partial charge in [-0.25, -0.2) is 0 Å². The summed E-state index contributed by atoms with van der Waals surface area (Å²) >= 11 is 0. The molecule has 0 spiro atoms. The second-order valence-electron chi connectivity index (χ2n) is 4.16. The van der Waals surface area contributed by atoms with Crippen LogP contribution in [0.3, 0.4) is 0 Å². The predicted molar refractivity (Wildman–Crippen MR) is 76.1 cm³/mol. The Balaban J connectivity index is 2.56. The maximum absolute atomic E-state index is 11.5. The van der Waals surface area contributed by atoms with E-state index in [4.69, 9.17) is 19.9 Å². The lowest BCUT2D eigenvalue weighted by Gasteiger charge is -2.12. The topological polar surface area (TPSA) is 82.8 Å². The summed E-state index contributed by atoms with van der Waals surface area (Å²) in [6, 6.07) is 5.58. The van der Waals surface area contributed by atoms with E-state index >= 15 is 0 Å². The van der Waals surface area contributed by atoms with Gasteiger partial charge in [0.25, 0.3) is 5.91 Å². The molecule has 1 aromatic rings. The highest BCUT2D eigenvalue weighted by molar-refractivity contribution is 5.77. The van der Waals surface area contributed by atoms with Crippen molar-refractivity contribution in [3.8, 4) is 11.5 Å². The Morgan fingerprint density at radius 1 is 1.30 bits per heavy atom. The summed E-state index contributed by atoms with van der Waals surface area (Å²) in [6.07, 6.45) is 0.750. The zero-order chi connectivity index (χ0) is 14.8. The standard InChI is InChI=1S/C14H22N2O4/c1-18-8-7-16-14(17)10-20-13-9-11(5-6-15)3-4-12(13)19-2/h3-4,9H,5-8,10,15H2,1-2H3,(H,16,17). The Labute approximate surface area is 119 Å². The number of amides is 1. The zero-order valence-corrected chi connectivity index (χ0v) is 12.0. The fourth-order valence-corrected chi connectivity index (χ4v) is 1.64. The third-order valence-electron chi connectivity index (χ3n) is 2.65. The number of nitrogens with two attached hydrogens (primary N) is 1. The molecular weight excluding hydrogens is 260 g/mol. The van der Waals surface area contributed by atoms with Gasteiger partial charge >= 0.3 is 0 Å². The molecule has 6 nitrogen and oxygen atoms in total. The highest BCUT2D eigenvalue weighted by atomic mass is 16.5. The molecule has 0 aliphatic heterocycles. The lowest BCUT2D eigenvalue weighted by atomic mass is 10.1. The number of ether oxygens (including phenoxy) is 3. The van der Waals surface area contributed by atoms with Crippen molar-refractivity contribution in [2.75, 3.05) is 40.5 Å². The van der Waals surface area contributed by atoms with E-state index in [2.05, 4.69) is 5.32 Å². The Morgan fingerprint density at radius 2 is 2.10 bits per heavy atom. The van der Waals surface area contributed by atoms with E-state index in [1.54, 1.807) is 14.2 Å². The molecular formula is C14H22N2O4. The normalized spacial score (nSPS) is 10.2. The van der Waals surface area contributed by atoms with Crippen LogP contribution in [0.5, 0.6) is 11.5 Å². The molecule has 112 valence electrons. The van der Waals surface area contributed by atoms with Crippen molar-refractivity contribution in [2.24, 2.45) is 5.73 Å². The molecule has 1 amide bonds. The van der Waals surface area contributed by atoms with Crippen LogP contribution in [0.25, 0.3) is 0 Å². The largest absolute Gasteiger partial charge is 0.493 e. The monoisotopic (exact) mass is 282 g/mol. The van der Waals surface area contributed by atoms with E-state index in [1.165, 1.54) is 0 Å². The van der Waals surface area contributed by atoms with Crippen LogP contribution in [0.1, 0.15) is 5.56 Å². The fourth-order valence-electron chi connectivity index (χ4n) is 1.64. The van der Waals surface area contributed by atoms with Gasteiger partial charge in [-0.2, -0.15) is 0 Å². The van der Waals surface area contributed by atoms with Crippen molar-refractivity contribution in [2.45, 2.75) is 6.42 Å². The van der Waals surface area contributed by atoms with E-state index in [0.29, 0.717) is 31.2 Å². The van der Waals surface area contributed by atoms with Gasteiger partial charge in [-0.3, -0.25) is 4.79 Å². The lowest BCUT2D eigenvalue weighted by molar-refractivity contribution is -0.123. The molecule has 0 fully saturated rings. The first-order chi connectivity index (χ1) is 9.71. The van der Waals surface area contributed by atoms with Gasteiger partial charge in [-0.1, -0.05) is 6.07 Å². The average molecular weight is 282 g/mol. The smallest absolute Gasteiger partial charge is 0.258 e. The van der Waals surface area contributed by atoms with Crippen LogP contribution < -0.4 is 20.5 Å². The first kappa shape index (κ1) is 16.3. The Hall–Kier alpha value is -1.79. The second-order valence-corrected chi connectivity index (χ2v) is 4.16. The van der Waals surface area contributed by atoms with E-state index in [-0.39, 0.29) is 12.5 Å². The molecule has 0 unspecified atom stereocenters. The number of hydrogen-bond acceptors (Lipinski definition) is 5. The summed E-state index contributed by atoms with van der Waals surface area (Å²) in [4.78, 5) is 11.5. The Morgan fingerprint density at radius 3 is 2.75 bits per heavy atom. The maximum atomic E-state index is 11.5. The van der Waals surface area contributed by atoms with Crippen molar-refractivity contribution in [1.82, 2.24) is 5.32 Å². The van der Waals surface area contributed by atoms with Gasteiger partial charge in [0.1, 0.15) is 0 Å². The minimum absolute atomic E-state index is 0.0633. The number of carbonyl (C=O) groups excluding carboxylic acids is 1. The summed E-state index contributed by atoms with van der Waals surface area (Å²) in [5, 5.41) is 2.68. The van der Waals surface area contributed by atoms with Gasteiger partial charge in [0.05, 0.1) is 13.7 Å². The van der Waals surface area contributed by atoms with Crippen molar-refractivity contribution in [3.63, 3.8) is 0 Å². The molecule has 0 heterocycles. The highest BCUT2D eigenvalue weighted by Gasteiger charge is 2.08. The molecule has 0 saturated heterocycles. The molecule has 6 heteroatoms.